The van der Waals surface area contributed by atoms with E-state index in [4.69, 9.17) is 16.0 Å². The molecule has 2 N–H and O–H groups in total. The first-order valence-electron chi connectivity index (χ1n) is 16.5. The Morgan fingerprint density at radius 2 is 1.63 bits per heavy atom. The summed E-state index contributed by atoms with van der Waals surface area (Å²) in [6.45, 7) is -0.164. The molecule has 4 aliphatic rings. The monoisotopic (exact) mass is 676 g/mol. The van der Waals surface area contributed by atoms with Crippen LogP contribution in [0.25, 0.3) is 0 Å². The zero-order valence-corrected chi connectivity index (χ0v) is 27.1. The molecule has 49 heavy (non-hydrogen) atoms. The number of aliphatic hydroxyl groups excluding tert-OH is 1. The van der Waals surface area contributed by atoms with Crippen LogP contribution < -0.4 is 4.90 Å². The number of benzene rings is 3. The van der Waals surface area contributed by atoms with Gasteiger partial charge in [-0.25, -0.2) is 4.90 Å². The smallest absolute Gasteiger partial charge is 0.246 e. The Morgan fingerprint density at radius 1 is 0.857 bits per heavy atom. The molecule has 2 aliphatic carbocycles. The van der Waals surface area contributed by atoms with Gasteiger partial charge in [0.05, 0.1) is 29.4 Å². The average Bonchev–Trinajstić information content (AvgIpc) is 3.75. The number of furan rings is 1. The summed E-state index contributed by atoms with van der Waals surface area (Å²) in [5, 5.41) is 20.0. The summed E-state index contributed by atoms with van der Waals surface area (Å²) < 4.78 is 6.22. The van der Waals surface area contributed by atoms with E-state index in [1.54, 1.807) is 60.7 Å². The molecular weight excluding hydrogens is 644 g/mol. The van der Waals surface area contributed by atoms with Crippen LogP contribution in [0.4, 0.5) is 5.69 Å². The highest BCUT2D eigenvalue weighted by Gasteiger charge is 2.70. The number of carbonyl (C=O) groups is 4. The Bertz CT molecular complexity index is 2020. The molecule has 9 nitrogen and oxygen atoms in total. The molecule has 8 rings (SSSR count). The average molecular weight is 677 g/mol. The van der Waals surface area contributed by atoms with Crippen LogP contribution in [0.3, 0.4) is 0 Å². The molecule has 0 radical (unpaired) electrons. The van der Waals surface area contributed by atoms with Crippen molar-refractivity contribution in [2.75, 3.05) is 11.4 Å². The lowest BCUT2D eigenvalue weighted by Gasteiger charge is -2.49. The van der Waals surface area contributed by atoms with Crippen molar-refractivity contribution in [3.05, 3.63) is 130 Å². The minimum Gasteiger partial charge on any atom is -0.508 e. The molecule has 1 aromatic heterocycles. The molecule has 4 amide bonds. The van der Waals surface area contributed by atoms with Gasteiger partial charge < -0.3 is 14.6 Å². The maximum atomic E-state index is 15.2. The number of anilines is 1. The van der Waals surface area contributed by atoms with Crippen LogP contribution in [0.1, 0.15) is 41.4 Å². The van der Waals surface area contributed by atoms with Gasteiger partial charge in [0.25, 0.3) is 0 Å². The second-order valence-corrected chi connectivity index (χ2v) is 13.7. The molecule has 248 valence electrons. The van der Waals surface area contributed by atoms with E-state index < -0.39 is 46.8 Å². The Balaban J connectivity index is 1.26. The van der Waals surface area contributed by atoms with E-state index in [9.17, 15) is 24.6 Å². The van der Waals surface area contributed by atoms with Gasteiger partial charge in [-0.05, 0) is 78.8 Å². The van der Waals surface area contributed by atoms with Crippen LogP contribution >= 0.6 is 11.6 Å². The van der Waals surface area contributed by atoms with Crippen LogP contribution in [0.2, 0.25) is 5.02 Å². The number of aromatic hydroxyl groups is 1. The number of imide groups is 2. The molecule has 6 atom stereocenters. The van der Waals surface area contributed by atoms with Gasteiger partial charge in [-0.2, -0.15) is 0 Å². The van der Waals surface area contributed by atoms with E-state index in [0.717, 1.165) is 11.1 Å². The topological polar surface area (TPSA) is 128 Å². The second-order valence-electron chi connectivity index (χ2n) is 13.3. The van der Waals surface area contributed by atoms with Gasteiger partial charge >= 0.3 is 0 Å². The van der Waals surface area contributed by atoms with Gasteiger partial charge in [-0.3, -0.25) is 24.1 Å². The predicted octanol–water partition coefficient (Wildman–Crippen LogP) is 5.54. The van der Waals surface area contributed by atoms with Crippen molar-refractivity contribution in [1.29, 1.82) is 0 Å². The molecule has 0 unspecified atom stereocenters. The van der Waals surface area contributed by atoms with Crippen molar-refractivity contribution in [3.8, 4) is 5.75 Å². The number of carbonyl (C=O) groups excluding carboxylic acids is 4. The van der Waals surface area contributed by atoms with Crippen LogP contribution in [-0.2, 0) is 37.6 Å². The Labute approximate surface area is 287 Å². The highest BCUT2D eigenvalue weighted by atomic mass is 35.5. The minimum atomic E-state index is -1.44. The third-order valence-corrected chi connectivity index (χ3v) is 11.2. The van der Waals surface area contributed by atoms with E-state index >= 15 is 4.79 Å². The summed E-state index contributed by atoms with van der Waals surface area (Å²) in [7, 11) is 0. The van der Waals surface area contributed by atoms with Gasteiger partial charge in [-0.1, -0.05) is 71.8 Å². The number of rotatable bonds is 7. The van der Waals surface area contributed by atoms with Crippen molar-refractivity contribution < 1.29 is 33.8 Å². The Kier molecular flexibility index (Phi) is 7.57. The first-order valence-corrected chi connectivity index (χ1v) is 16.8. The standard InChI is InChI=1S/C39H33ClN2O7/c40-24-7-4-8-25(19-24)42-36(46)31-20-30-28(14-15-29-33(30)37(47)41(35(29)45)18-17-22-9-11-26(44)12-10-22)34(32-16-13-27(21-43)49-32)39(31,38(42)48)23-5-2-1-3-6-23/h1-14,16,19,29-31,33-34,43-44H,15,17-18,20-21H2/t29-,30+,31-,33-,34+,39+/m0/s1. The number of amides is 4. The Hall–Kier alpha value is -4.99. The SMILES string of the molecule is O=C1[C@H]2[C@H](CC=C3[C@H]2C[C@H]2C(=O)N(c4cccc(Cl)c4)C(=O)[C@@]2(c2ccccc2)[C@H]3c2ccc(CO)o2)C(=O)N1CCc1ccc(O)cc1. The number of phenolic OH excluding ortho intramolecular Hbond substituents is 1. The molecule has 4 aromatic rings. The quantitative estimate of drug-likeness (QED) is 0.194. The normalized spacial score (nSPS) is 27.6. The molecule has 2 aliphatic heterocycles. The summed E-state index contributed by atoms with van der Waals surface area (Å²) in [6.07, 6.45) is 2.89. The number of hydrogen-bond acceptors (Lipinski definition) is 7. The number of phenols is 1. The number of aliphatic hydroxyl groups is 1. The number of halogens is 1. The van der Waals surface area contributed by atoms with E-state index in [-0.39, 0.29) is 37.1 Å². The van der Waals surface area contributed by atoms with Crippen molar-refractivity contribution in [2.24, 2.45) is 23.7 Å². The fourth-order valence-corrected chi connectivity index (χ4v) is 9.06. The zero-order valence-electron chi connectivity index (χ0n) is 26.4. The van der Waals surface area contributed by atoms with Crippen molar-refractivity contribution in [3.63, 3.8) is 0 Å². The number of likely N-dealkylation sites (tertiary alicyclic amines) is 1. The summed E-state index contributed by atoms with van der Waals surface area (Å²) in [5.74, 6) is -4.01. The number of allylic oxidation sites excluding steroid dienone is 2. The highest BCUT2D eigenvalue weighted by molar-refractivity contribution is 6.32. The van der Waals surface area contributed by atoms with Gasteiger partial charge in [0.1, 0.15) is 29.3 Å². The lowest BCUT2D eigenvalue weighted by atomic mass is 9.50. The third-order valence-electron chi connectivity index (χ3n) is 10.9. The number of hydrogen-bond donors (Lipinski definition) is 2. The van der Waals surface area contributed by atoms with Crippen LogP contribution in [0.15, 0.2) is 107 Å². The number of nitrogens with zero attached hydrogens (tertiary/aromatic N) is 2. The fraction of sp³-hybridized carbons (Fsp3) is 0.282. The number of fused-ring (bicyclic) bond motifs is 4. The van der Waals surface area contributed by atoms with E-state index in [1.165, 1.54) is 9.80 Å². The molecule has 0 spiro atoms. The maximum Gasteiger partial charge on any atom is 0.246 e. The lowest BCUT2D eigenvalue weighted by molar-refractivity contribution is -0.140. The van der Waals surface area contributed by atoms with Crippen molar-refractivity contribution in [1.82, 2.24) is 4.90 Å². The molecule has 10 heteroatoms. The summed E-state index contributed by atoms with van der Waals surface area (Å²) >= 11 is 6.36. The Morgan fingerprint density at radius 3 is 2.35 bits per heavy atom. The lowest BCUT2D eigenvalue weighted by Crippen LogP contribution is -2.53. The second kappa shape index (κ2) is 11.9. The van der Waals surface area contributed by atoms with E-state index in [2.05, 4.69) is 0 Å². The summed E-state index contributed by atoms with van der Waals surface area (Å²) in [5.41, 5.74) is 1.22. The summed E-state index contributed by atoms with van der Waals surface area (Å²) in [4.78, 5) is 60.6. The predicted molar refractivity (Wildman–Crippen MR) is 179 cm³/mol. The first kappa shape index (κ1) is 31.3. The first-order chi connectivity index (χ1) is 23.7. The molecule has 1 saturated carbocycles. The molecule has 0 bridgehead atoms. The third kappa shape index (κ3) is 4.70. The van der Waals surface area contributed by atoms with Crippen LogP contribution in [0, 0.1) is 23.7 Å². The zero-order chi connectivity index (χ0) is 34.0. The van der Waals surface area contributed by atoms with Gasteiger partial charge in [-0.15, -0.1) is 0 Å². The molecule has 3 heterocycles. The molecular formula is C39H33ClN2O7. The highest BCUT2D eigenvalue weighted by Crippen LogP contribution is 2.64. The van der Waals surface area contributed by atoms with Gasteiger partial charge in [0.2, 0.25) is 23.6 Å². The van der Waals surface area contributed by atoms with Crippen LogP contribution in [0.5, 0.6) is 5.75 Å². The van der Waals surface area contributed by atoms with Crippen molar-refractivity contribution >= 4 is 40.9 Å². The molecule has 3 aromatic carbocycles. The largest absolute Gasteiger partial charge is 0.508 e. The van der Waals surface area contributed by atoms with Gasteiger partial charge in [0, 0.05) is 11.6 Å². The minimum absolute atomic E-state index is 0.136. The molecule has 2 saturated heterocycles. The van der Waals surface area contributed by atoms with E-state index in [0.29, 0.717) is 40.6 Å². The summed E-state index contributed by atoms with van der Waals surface area (Å²) in [6, 6.07) is 25.9. The van der Waals surface area contributed by atoms with Gasteiger partial charge in [0.15, 0.2) is 0 Å². The fourth-order valence-electron chi connectivity index (χ4n) is 8.88. The van der Waals surface area contributed by atoms with Crippen molar-refractivity contribution in [2.45, 2.75) is 37.2 Å². The molecule has 3 fully saturated rings. The van der Waals surface area contributed by atoms with E-state index in [1.807, 2.05) is 36.4 Å². The van der Waals surface area contributed by atoms with Crippen LogP contribution in [-0.4, -0.2) is 45.3 Å². The maximum absolute atomic E-state index is 15.2.